The Morgan fingerprint density at radius 2 is 1.52 bits per heavy atom. The summed E-state index contributed by atoms with van der Waals surface area (Å²) in [5.74, 6) is 2.47. The lowest BCUT2D eigenvalue weighted by molar-refractivity contribution is -0.120. The number of amides is 1. The van der Waals surface area contributed by atoms with Crippen molar-refractivity contribution >= 4 is 5.91 Å². The van der Waals surface area contributed by atoms with E-state index < -0.39 is 0 Å². The number of nitrogens with one attached hydrogen (secondary N) is 1. The van der Waals surface area contributed by atoms with Crippen molar-refractivity contribution in [2.45, 2.75) is 6.42 Å². The standard InChI is InChI=1S/C19H23NO5/c1-22-15-6-4-5-7-17(15)25-11-10-20-19(21)13-14-8-9-16(23-2)18(12-14)24-3/h4-9,12H,10-11,13H2,1-3H3,(H,20,21). The molecular weight excluding hydrogens is 322 g/mol. The SMILES string of the molecule is COc1ccc(CC(=O)NCCOc2ccccc2OC)cc1OC. The van der Waals surface area contributed by atoms with E-state index >= 15 is 0 Å². The number of para-hydroxylation sites is 2. The molecule has 0 aromatic heterocycles. The average molecular weight is 345 g/mol. The zero-order valence-electron chi connectivity index (χ0n) is 14.7. The van der Waals surface area contributed by atoms with Gasteiger partial charge < -0.3 is 24.3 Å². The van der Waals surface area contributed by atoms with Crippen molar-refractivity contribution in [2.24, 2.45) is 0 Å². The number of hydrogen-bond acceptors (Lipinski definition) is 5. The molecule has 6 nitrogen and oxygen atoms in total. The fourth-order valence-electron chi connectivity index (χ4n) is 2.33. The zero-order valence-corrected chi connectivity index (χ0v) is 14.7. The van der Waals surface area contributed by atoms with Crippen molar-refractivity contribution in [1.82, 2.24) is 5.32 Å². The second-order valence-electron chi connectivity index (χ2n) is 5.22. The number of methoxy groups -OCH3 is 3. The second kappa shape index (κ2) is 9.42. The number of hydrogen-bond donors (Lipinski definition) is 1. The maximum Gasteiger partial charge on any atom is 0.224 e. The van der Waals surface area contributed by atoms with Gasteiger partial charge in [0.05, 0.1) is 34.3 Å². The van der Waals surface area contributed by atoms with Gasteiger partial charge in [0, 0.05) is 0 Å². The van der Waals surface area contributed by atoms with Crippen molar-refractivity contribution in [2.75, 3.05) is 34.5 Å². The molecule has 134 valence electrons. The van der Waals surface area contributed by atoms with E-state index in [2.05, 4.69) is 5.32 Å². The first kappa shape index (κ1) is 18.4. The van der Waals surface area contributed by atoms with Gasteiger partial charge in [-0.2, -0.15) is 0 Å². The van der Waals surface area contributed by atoms with E-state index in [1.165, 1.54) is 0 Å². The maximum atomic E-state index is 12.0. The molecule has 0 radical (unpaired) electrons. The summed E-state index contributed by atoms with van der Waals surface area (Å²) in [5, 5.41) is 2.83. The monoisotopic (exact) mass is 345 g/mol. The van der Waals surface area contributed by atoms with Crippen LogP contribution >= 0.6 is 0 Å². The number of carbonyl (C=O) groups is 1. The topological polar surface area (TPSA) is 66.0 Å². The van der Waals surface area contributed by atoms with Crippen molar-refractivity contribution in [3.05, 3.63) is 48.0 Å². The average Bonchev–Trinajstić information content (AvgIpc) is 2.65. The van der Waals surface area contributed by atoms with E-state index in [1.54, 1.807) is 33.5 Å². The predicted octanol–water partition coefficient (Wildman–Crippen LogP) is 2.45. The summed E-state index contributed by atoms with van der Waals surface area (Å²) in [6.07, 6.45) is 0.259. The van der Waals surface area contributed by atoms with Crippen LogP contribution in [-0.2, 0) is 11.2 Å². The molecule has 0 bridgehead atoms. The molecule has 25 heavy (non-hydrogen) atoms. The largest absolute Gasteiger partial charge is 0.493 e. The molecule has 6 heteroatoms. The van der Waals surface area contributed by atoms with E-state index in [1.807, 2.05) is 30.3 Å². The first-order valence-corrected chi connectivity index (χ1v) is 7.91. The summed E-state index contributed by atoms with van der Waals surface area (Å²) in [5.41, 5.74) is 0.848. The van der Waals surface area contributed by atoms with Crippen LogP contribution in [0.3, 0.4) is 0 Å². The molecule has 2 aromatic carbocycles. The zero-order chi connectivity index (χ0) is 18.1. The van der Waals surface area contributed by atoms with Gasteiger partial charge in [-0.15, -0.1) is 0 Å². The Hall–Kier alpha value is -2.89. The third-order valence-electron chi connectivity index (χ3n) is 3.56. The molecule has 0 saturated heterocycles. The Bertz CT molecular complexity index is 702. The molecule has 0 aliphatic carbocycles. The highest BCUT2D eigenvalue weighted by Crippen LogP contribution is 2.27. The Morgan fingerprint density at radius 3 is 2.20 bits per heavy atom. The van der Waals surface area contributed by atoms with E-state index in [9.17, 15) is 4.79 Å². The molecule has 0 saturated carbocycles. The van der Waals surface area contributed by atoms with Crippen LogP contribution in [0, 0.1) is 0 Å². The fourth-order valence-corrected chi connectivity index (χ4v) is 2.33. The second-order valence-corrected chi connectivity index (χ2v) is 5.22. The summed E-state index contributed by atoms with van der Waals surface area (Å²) in [6, 6.07) is 12.8. The van der Waals surface area contributed by atoms with Gasteiger partial charge in [0.25, 0.3) is 0 Å². The van der Waals surface area contributed by atoms with Crippen molar-refractivity contribution < 1.29 is 23.7 Å². The van der Waals surface area contributed by atoms with Gasteiger partial charge in [-0.1, -0.05) is 18.2 Å². The molecule has 2 rings (SSSR count). The van der Waals surface area contributed by atoms with Crippen LogP contribution in [-0.4, -0.2) is 40.4 Å². The van der Waals surface area contributed by atoms with Crippen LogP contribution in [0.1, 0.15) is 5.56 Å². The van der Waals surface area contributed by atoms with Gasteiger partial charge in [0.2, 0.25) is 5.91 Å². The minimum atomic E-state index is -0.0872. The highest BCUT2D eigenvalue weighted by Gasteiger charge is 2.08. The molecule has 0 fully saturated rings. The van der Waals surface area contributed by atoms with Gasteiger partial charge in [0.1, 0.15) is 6.61 Å². The van der Waals surface area contributed by atoms with Crippen LogP contribution in [0.2, 0.25) is 0 Å². The lowest BCUT2D eigenvalue weighted by Crippen LogP contribution is -2.29. The molecule has 2 aromatic rings. The Morgan fingerprint density at radius 1 is 0.880 bits per heavy atom. The predicted molar refractivity (Wildman–Crippen MR) is 94.7 cm³/mol. The van der Waals surface area contributed by atoms with Crippen molar-refractivity contribution in [1.29, 1.82) is 0 Å². The highest BCUT2D eigenvalue weighted by atomic mass is 16.5. The molecule has 1 N–H and O–H groups in total. The van der Waals surface area contributed by atoms with Crippen LogP contribution in [0.5, 0.6) is 23.0 Å². The third kappa shape index (κ3) is 5.31. The molecule has 0 spiro atoms. The molecule has 0 unspecified atom stereocenters. The van der Waals surface area contributed by atoms with E-state index in [-0.39, 0.29) is 12.3 Å². The van der Waals surface area contributed by atoms with Gasteiger partial charge in [-0.25, -0.2) is 0 Å². The molecule has 1 amide bonds. The van der Waals surface area contributed by atoms with Crippen molar-refractivity contribution in [3.8, 4) is 23.0 Å². The van der Waals surface area contributed by atoms with Crippen LogP contribution in [0.4, 0.5) is 0 Å². The summed E-state index contributed by atoms with van der Waals surface area (Å²) >= 11 is 0. The smallest absolute Gasteiger partial charge is 0.224 e. The quantitative estimate of drug-likeness (QED) is 0.707. The van der Waals surface area contributed by atoms with Crippen LogP contribution in [0.15, 0.2) is 42.5 Å². The van der Waals surface area contributed by atoms with E-state index in [4.69, 9.17) is 18.9 Å². The third-order valence-corrected chi connectivity index (χ3v) is 3.56. The molecule has 0 atom stereocenters. The number of carbonyl (C=O) groups excluding carboxylic acids is 1. The Balaban J connectivity index is 1.79. The normalized spacial score (nSPS) is 10.0. The molecule has 0 heterocycles. The minimum Gasteiger partial charge on any atom is -0.493 e. The van der Waals surface area contributed by atoms with Gasteiger partial charge in [-0.3, -0.25) is 4.79 Å². The van der Waals surface area contributed by atoms with Crippen molar-refractivity contribution in [3.63, 3.8) is 0 Å². The maximum absolute atomic E-state index is 12.0. The molecule has 0 aliphatic rings. The first-order chi connectivity index (χ1) is 12.2. The highest BCUT2D eigenvalue weighted by molar-refractivity contribution is 5.78. The lowest BCUT2D eigenvalue weighted by Gasteiger charge is -2.11. The number of rotatable bonds is 9. The fraction of sp³-hybridized carbons (Fsp3) is 0.316. The Labute approximate surface area is 147 Å². The van der Waals surface area contributed by atoms with Gasteiger partial charge in [0.15, 0.2) is 23.0 Å². The lowest BCUT2D eigenvalue weighted by atomic mass is 10.1. The minimum absolute atomic E-state index is 0.0872. The Kier molecular flexibility index (Phi) is 6.95. The van der Waals surface area contributed by atoms with Crippen LogP contribution in [0.25, 0.3) is 0 Å². The van der Waals surface area contributed by atoms with E-state index in [0.29, 0.717) is 36.1 Å². The van der Waals surface area contributed by atoms with Crippen LogP contribution < -0.4 is 24.3 Å². The first-order valence-electron chi connectivity index (χ1n) is 7.91. The summed E-state index contributed by atoms with van der Waals surface area (Å²) in [6.45, 7) is 0.766. The summed E-state index contributed by atoms with van der Waals surface area (Å²) in [4.78, 5) is 12.0. The van der Waals surface area contributed by atoms with Gasteiger partial charge >= 0.3 is 0 Å². The molecule has 0 aliphatic heterocycles. The summed E-state index contributed by atoms with van der Waals surface area (Å²) in [7, 11) is 4.73. The van der Waals surface area contributed by atoms with E-state index in [0.717, 1.165) is 5.56 Å². The van der Waals surface area contributed by atoms with Gasteiger partial charge in [-0.05, 0) is 29.8 Å². The molecular formula is C19H23NO5. The summed E-state index contributed by atoms with van der Waals surface area (Å²) < 4.78 is 21.3. The number of benzene rings is 2. The number of ether oxygens (including phenoxy) is 4.